The number of thiazole rings is 1. The summed E-state index contributed by atoms with van der Waals surface area (Å²) in [4.78, 5) is 16.5. The van der Waals surface area contributed by atoms with Crippen LogP contribution in [0, 0.1) is 5.82 Å². The summed E-state index contributed by atoms with van der Waals surface area (Å²) in [5.74, 6) is -0.355. The SMILES string of the molecule is C[C@H](NC(=O)Cc1csc(-c2cccc(F)c2)n1)[C@@H]1CCCO1. The van der Waals surface area contributed by atoms with Crippen molar-refractivity contribution in [3.05, 3.63) is 41.2 Å². The maximum atomic E-state index is 13.3. The molecule has 4 nitrogen and oxygen atoms in total. The van der Waals surface area contributed by atoms with Gasteiger partial charge in [0.2, 0.25) is 5.91 Å². The highest BCUT2D eigenvalue weighted by molar-refractivity contribution is 7.13. The molecule has 1 aliphatic heterocycles. The molecule has 2 atom stereocenters. The van der Waals surface area contributed by atoms with Gasteiger partial charge in [0.05, 0.1) is 24.3 Å². The topological polar surface area (TPSA) is 51.2 Å². The zero-order chi connectivity index (χ0) is 16.2. The third-order valence-corrected chi connectivity index (χ3v) is 4.82. The number of hydrogen-bond acceptors (Lipinski definition) is 4. The highest BCUT2D eigenvalue weighted by Gasteiger charge is 2.23. The van der Waals surface area contributed by atoms with Crippen LogP contribution in [-0.2, 0) is 16.0 Å². The summed E-state index contributed by atoms with van der Waals surface area (Å²) in [7, 11) is 0. The molecule has 3 rings (SSSR count). The summed E-state index contributed by atoms with van der Waals surface area (Å²) in [6.45, 7) is 2.74. The number of ether oxygens (including phenoxy) is 1. The van der Waals surface area contributed by atoms with Crippen LogP contribution in [0.25, 0.3) is 10.6 Å². The van der Waals surface area contributed by atoms with E-state index in [2.05, 4.69) is 10.3 Å². The van der Waals surface area contributed by atoms with Gasteiger partial charge in [-0.15, -0.1) is 11.3 Å². The minimum absolute atomic E-state index is 0.00586. The van der Waals surface area contributed by atoms with Gasteiger partial charge >= 0.3 is 0 Å². The number of benzene rings is 1. The van der Waals surface area contributed by atoms with Gasteiger partial charge < -0.3 is 10.1 Å². The van der Waals surface area contributed by atoms with Crippen LogP contribution >= 0.6 is 11.3 Å². The zero-order valence-corrected chi connectivity index (χ0v) is 13.7. The smallest absolute Gasteiger partial charge is 0.226 e. The first-order valence-electron chi connectivity index (χ1n) is 7.73. The van der Waals surface area contributed by atoms with Crippen molar-refractivity contribution in [2.24, 2.45) is 0 Å². The van der Waals surface area contributed by atoms with E-state index in [1.165, 1.54) is 23.5 Å². The lowest BCUT2D eigenvalue weighted by molar-refractivity contribution is -0.121. The lowest BCUT2D eigenvalue weighted by Gasteiger charge is -2.19. The van der Waals surface area contributed by atoms with E-state index < -0.39 is 0 Å². The van der Waals surface area contributed by atoms with Crippen LogP contribution in [-0.4, -0.2) is 29.6 Å². The molecule has 1 aromatic heterocycles. The molecule has 2 aromatic rings. The van der Waals surface area contributed by atoms with Gasteiger partial charge in [-0.25, -0.2) is 9.37 Å². The predicted octanol–water partition coefficient (Wildman–Crippen LogP) is 3.18. The molecule has 1 aromatic carbocycles. The first-order valence-corrected chi connectivity index (χ1v) is 8.61. The van der Waals surface area contributed by atoms with E-state index in [9.17, 15) is 9.18 Å². The molecule has 0 spiro atoms. The van der Waals surface area contributed by atoms with Crippen molar-refractivity contribution in [2.45, 2.75) is 38.3 Å². The van der Waals surface area contributed by atoms with Gasteiger partial charge in [-0.05, 0) is 31.9 Å². The van der Waals surface area contributed by atoms with E-state index in [-0.39, 0.29) is 30.3 Å². The average Bonchev–Trinajstić information content (AvgIpc) is 3.18. The third kappa shape index (κ3) is 4.14. The Kier molecular flexibility index (Phi) is 5.03. The molecule has 1 aliphatic rings. The predicted molar refractivity (Wildman–Crippen MR) is 87.8 cm³/mol. The van der Waals surface area contributed by atoms with E-state index in [4.69, 9.17) is 4.74 Å². The van der Waals surface area contributed by atoms with Crippen molar-refractivity contribution < 1.29 is 13.9 Å². The second-order valence-corrected chi connectivity index (χ2v) is 6.60. The fourth-order valence-electron chi connectivity index (χ4n) is 2.70. The van der Waals surface area contributed by atoms with Crippen LogP contribution < -0.4 is 5.32 Å². The van der Waals surface area contributed by atoms with E-state index in [0.29, 0.717) is 5.69 Å². The molecule has 0 bridgehead atoms. The van der Waals surface area contributed by atoms with Crippen LogP contribution in [0.4, 0.5) is 4.39 Å². The molecule has 1 amide bonds. The second-order valence-electron chi connectivity index (χ2n) is 5.74. The van der Waals surface area contributed by atoms with Gasteiger partial charge in [0.1, 0.15) is 10.8 Å². The summed E-state index contributed by atoms with van der Waals surface area (Å²) >= 11 is 1.42. The number of aromatic nitrogens is 1. The van der Waals surface area contributed by atoms with Crippen molar-refractivity contribution in [2.75, 3.05) is 6.61 Å². The molecule has 23 heavy (non-hydrogen) atoms. The first-order chi connectivity index (χ1) is 11.1. The summed E-state index contributed by atoms with van der Waals surface area (Å²) in [5.41, 5.74) is 1.43. The number of rotatable bonds is 5. The number of nitrogens with one attached hydrogen (secondary N) is 1. The molecular formula is C17H19FN2O2S. The quantitative estimate of drug-likeness (QED) is 0.914. The Morgan fingerprint density at radius 1 is 1.57 bits per heavy atom. The second kappa shape index (κ2) is 7.19. The van der Waals surface area contributed by atoms with Crippen LogP contribution in [0.1, 0.15) is 25.5 Å². The Hall–Kier alpha value is -1.79. The Morgan fingerprint density at radius 3 is 3.17 bits per heavy atom. The number of amides is 1. The molecule has 1 fully saturated rings. The Labute approximate surface area is 138 Å². The molecule has 0 radical (unpaired) electrons. The zero-order valence-electron chi connectivity index (χ0n) is 12.9. The Morgan fingerprint density at radius 2 is 2.43 bits per heavy atom. The van der Waals surface area contributed by atoms with E-state index in [0.717, 1.165) is 30.0 Å². The highest BCUT2D eigenvalue weighted by Crippen LogP contribution is 2.24. The van der Waals surface area contributed by atoms with E-state index in [1.54, 1.807) is 6.07 Å². The maximum absolute atomic E-state index is 13.3. The van der Waals surface area contributed by atoms with Crippen molar-refractivity contribution in [1.82, 2.24) is 10.3 Å². The Balaban J connectivity index is 1.59. The summed E-state index contributed by atoms with van der Waals surface area (Å²) < 4.78 is 18.8. The van der Waals surface area contributed by atoms with Crippen LogP contribution in [0.3, 0.4) is 0 Å². The first kappa shape index (κ1) is 16.1. The average molecular weight is 334 g/mol. The fraction of sp³-hybridized carbons (Fsp3) is 0.412. The molecule has 0 aliphatic carbocycles. The lowest BCUT2D eigenvalue weighted by Crippen LogP contribution is -2.41. The number of halogens is 1. The van der Waals surface area contributed by atoms with Gasteiger partial charge in [0, 0.05) is 17.6 Å². The normalized spacial score (nSPS) is 18.8. The standard InChI is InChI=1S/C17H19FN2O2S/c1-11(15-6-3-7-22-15)19-16(21)9-14-10-23-17(20-14)12-4-2-5-13(18)8-12/h2,4-5,8,10-11,15H,3,6-7,9H2,1H3,(H,19,21)/t11-,15-/m0/s1. The summed E-state index contributed by atoms with van der Waals surface area (Å²) in [6, 6.07) is 6.32. The third-order valence-electron chi connectivity index (χ3n) is 3.88. The minimum Gasteiger partial charge on any atom is -0.376 e. The van der Waals surface area contributed by atoms with Crippen molar-refractivity contribution in [1.29, 1.82) is 0 Å². The monoisotopic (exact) mass is 334 g/mol. The van der Waals surface area contributed by atoms with Crippen molar-refractivity contribution >= 4 is 17.2 Å². The van der Waals surface area contributed by atoms with Gasteiger partial charge in [-0.1, -0.05) is 12.1 Å². The van der Waals surface area contributed by atoms with E-state index in [1.807, 2.05) is 18.4 Å². The molecule has 0 saturated carbocycles. The van der Waals surface area contributed by atoms with Crippen LogP contribution in [0.2, 0.25) is 0 Å². The molecule has 6 heteroatoms. The Bertz CT molecular complexity index is 683. The van der Waals surface area contributed by atoms with Gasteiger partial charge in [-0.2, -0.15) is 0 Å². The molecule has 1 N–H and O–H groups in total. The summed E-state index contributed by atoms with van der Waals surface area (Å²) in [6.07, 6.45) is 2.37. The lowest BCUT2D eigenvalue weighted by atomic mass is 10.1. The largest absolute Gasteiger partial charge is 0.376 e. The van der Waals surface area contributed by atoms with E-state index >= 15 is 0 Å². The van der Waals surface area contributed by atoms with Crippen molar-refractivity contribution in [3.63, 3.8) is 0 Å². The molecule has 0 unspecified atom stereocenters. The number of nitrogens with zero attached hydrogens (tertiary/aromatic N) is 1. The molecular weight excluding hydrogens is 315 g/mol. The number of hydrogen-bond donors (Lipinski definition) is 1. The molecule has 2 heterocycles. The molecule has 122 valence electrons. The van der Waals surface area contributed by atoms with Gasteiger partial charge in [0.25, 0.3) is 0 Å². The van der Waals surface area contributed by atoms with Gasteiger partial charge in [-0.3, -0.25) is 4.79 Å². The fourth-order valence-corrected chi connectivity index (χ4v) is 3.52. The maximum Gasteiger partial charge on any atom is 0.226 e. The summed E-state index contributed by atoms with van der Waals surface area (Å²) in [5, 5.41) is 5.53. The highest BCUT2D eigenvalue weighted by atomic mass is 32.1. The van der Waals surface area contributed by atoms with Gasteiger partial charge in [0.15, 0.2) is 0 Å². The van der Waals surface area contributed by atoms with Crippen LogP contribution in [0.5, 0.6) is 0 Å². The number of carbonyl (C=O) groups is 1. The number of carbonyl (C=O) groups excluding carboxylic acids is 1. The van der Waals surface area contributed by atoms with Crippen LogP contribution in [0.15, 0.2) is 29.6 Å². The minimum atomic E-state index is -0.289. The van der Waals surface area contributed by atoms with Crippen molar-refractivity contribution in [3.8, 4) is 10.6 Å². The molecule has 1 saturated heterocycles.